The Hall–Kier alpha value is -2.15. The van der Waals surface area contributed by atoms with Crippen molar-refractivity contribution in [3.8, 4) is 0 Å². The van der Waals surface area contributed by atoms with Crippen molar-refractivity contribution in [2.24, 2.45) is 0 Å². The maximum absolute atomic E-state index is 12.7. The maximum atomic E-state index is 12.7. The zero-order valence-corrected chi connectivity index (χ0v) is 15.7. The molecule has 0 radical (unpaired) electrons. The molecule has 0 bridgehead atoms. The van der Waals surface area contributed by atoms with E-state index in [0.29, 0.717) is 30.2 Å². The lowest BCUT2D eigenvalue weighted by molar-refractivity contribution is -0.140. The molecular weight excluding hydrogens is 374 g/mol. The second-order valence-electron chi connectivity index (χ2n) is 5.86. The van der Waals surface area contributed by atoms with Gasteiger partial charge in [0.15, 0.2) is 0 Å². The number of methoxy groups -OCH3 is 1. The average Bonchev–Trinajstić information content (AvgIpc) is 3.23. The van der Waals surface area contributed by atoms with E-state index in [1.54, 1.807) is 31.4 Å². The van der Waals surface area contributed by atoms with Crippen LogP contribution in [0.4, 0.5) is 0 Å². The molecule has 1 unspecified atom stereocenters. The highest BCUT2D eigenvalue weighted by Crippen LogP contribution is 2.41. The van der Waals surface area contributed by atoms with Gasteiger partial charge in [0.25, 0.3) is 11.7 Å². The lowest BCUT2D eigenvalue weighted by Crippen LogP contribution is -2.31. The fraction of sp³-hybridized carbons (Fsp3) is 0.263. The SMILES string of the molecule is COCCCN1C(=O)C(=O)/C(=C(\O)c2cccc(Cl)c2)C1c1cccs1. The molecule has 1 atom stereocenters. The van der Waals surface area contributed by atoms with Gasteiger partial charge in [-0.25, -0.2) is 0 Å². The molecule has 1 aliphatic rings. The molecule has 1 fully saturated rings. The number of carbonyl (C=O) groups is 2. The number of aliphatic hydroxyl groups is 1. The summed E-state index contributed by atoms with van der Waals surface area (Å²) in [5.74, 6) is -1.50. The number of hydrogen-bond donors (Lipinski definition) is 1. The lowest BCUT2D eigenvalue weighted by Gasteiger charge is -2.23. The van der Waals surface area contributed by atoms with Gasteiger partial charge in [-0.05, 0) is 30.0 Å². The molecule has 0 saturated carbocycles. The Morgan fingerprint density at radius 1 is 1.31 bits per heavy atom. The molecule has 136 valence electrons. The number of ether oxygens (including phenoxy) is 1. The zero-order valence-electron chi connectivity index (χ0n) is 14.1. The van der Waals surface area contributed by atoms with Gasteiger partial charge in [0, 0.05) is 35.7 Å². The summed E-state index contributed by atoms with van der Waals surface area (Å²) in [5, 5.41) is 13.1. The Labute approximate surface area is 160 Å². The second kappa shape index (κ2) is 8.03. The van der Waals surface area contributed by atoms with Crippen molar-refractivity contribution in [3.63, 3.8) is 0 Å². The maximum Gasteiger partial charge on any atom is 0.295 e. The standard InChI is InChI=1S/C19H18ClNO4S/c1-25-9-4-8-21-16(14-7-3-10-26-14)15(18(23)19(21)24)17(22)12-5-2-6-13(20)11-12/h2-3,5-7,10-11,16,22H,4,8-9H2,1H3/b17-15-. The van der Waals surface area contributed by atoms with Crippen molar-refractivity contribution in [3.05, 3.63) is 62.8 Å². The molecule has 1 aromatic carbocycles. The normalized spacial score (nSPS) is 19.3. The quantitative estimate of drug-likeness (QED) is 0.351. The first-order chi connectivity index (χ1) is 12.5. The summed E-state index contributed by atoms with van der Waals surface area (Å²) in [4.78, 5) is 27.6. The third-order valence-corrected chi connectivity index (χ3v) is 5.36. The number of carbonyl (C=O) groups excluding carboxylic acids is 2. The van der Waals surface area contributed by atoms with Crippen LogP contribution in [0.1, 0.15) is 22.9 Å². The number of thiophene rings is 1. The Balaban J connectivity index is 2.08. The smallest absolute Gasteiger partial charge is 0.295 e. The number of halogens is 1. The molecule has 1 aliphatic heterocycles. The predicted molar refractivity (Wildman–Crippen MR) is 101 cm³/mol. The van der Waals surface area contributed by atoms with Gasteiger partial charge in [-0.15, -0.1) is 11.3 Å². The molecule has 1 aromatic heterocycles. The van der Waals surface area contributed by atoms with Gasteiger partial charge in [0.1, 0.15) is 5.76 Å². The van der Waals surface area contributed by atoms with Crippen molar-refractivity contribution < 1.29 is 19.4 Å². The topological polar surface area (TPSA) is 66.8 Å². The molecule has 0 aliphatic carbocycles. The van der Waals surface area contributed by atoms with Crippen LogP contribution >= 0.6 is 22.9 Å². The number of likely N-dealkylation sites (tertiary alicyclic amines) is 1. The monoisotopic (exact) mass is 391 g/mol. The number of rotatable bonds is 6. The van der Waals surface area contributed by atoms with Crippen LogP contribution in [0.25, 0.3) is 5.76 Å². The van der Waals surface area contributed by atoms with Gasteiger partial charge in [-0.1, -0.05) is 29.8 Å². The number of Topliss-reactive ketones (excluding diaryl/α,β-unsaturated/α-hetero) is 1. The van der Waals surface area contributed by atoms with Crippen molar-refractivity contribution in [1.82, 2.24) is 4.90 Å². The van der Waals surface area contributed by atoms with Crippen molar-refractivity contribution in [1.29, 1.82) is 0 Å². The van der Waals surface area contributed by atoms with Crippen LogP contribution in [-0.4, -0.2) is 42.0 Å². The number of nitrogens with zero attached hydrogens (tertiary/aromatic N) is 1. The number of amides is 1. The summed E-state index contributed by atoms with van der Waals surface area (Å²) >= 11 is 7.44. The van der Waals surface area contributed by atoms with Gasteiger partial charge >= 0.3 is 0 Å². The van der Waals surface area contributed by atoms with E-state index in [1.807, 2.05) is 17.5 Å². The van der Waals surface area contributed by atoms with Gasteiger partial charge in [-0.2, -0.15) is 0 Å². The molecule has 2 aromatic rings. The van der Waals surface area contributed by atoms with Gasteiger partial charge in [0.2, 0.25) is 0 Å². The minimum Gasteiger partial charge on any atom is -0.507 e. The molecule has 26 heavy (non-hydrogen) atoms. The van der Waals surface area contributed by atoms with E-state index in [4.69, 9.17) is 16.3 Å². The van der Waals surface area contributed by atoms with Crippen LogP contribution < -0.4 is 0 Å². The largest absolute Gasteiger partial charge is 0.507 e. The summed E-state index contributed by atoms with van der Waals surface area (Å²) in [7, 11) is 1.59. The summed E-state index contributed by atoms with van der Waals surface area (Å²) in [5.41, 5.74) is 0.506. The first-order valence-electron chi connectivity index (χ1n) is 8.11. The fourth-order valence-corrected chi connectivity index (χ4v) is 4.06. The van der Waals surface area contributed by atoms with Crippen LogP contribution in [0.15, 0.2) is 47.4 Å². The van der Waals surface area contributed by atoms with E-state index in [0.717, 1.165) is 4.88 Å². The average molecular weight is 392 g/mol. The number of aliphatic hydroxyl groups excluding tert-OH is 1. The molecule has 5 nitrogen and oxygen atoms in total. The van der Waals surface area contributed by atoms with Gasteiger partial charge in [-0.3, -0.25) is 9.59 Å². The minimum absolute atomic E-state index is 0.0946. The molecule has 3 rings (SSSR count). The van der Waals surface area contributed by atoms with Crippen LogP contribution in [0.5, 0.6) is 0 Å². The van der Waals surface area contributed by atoms with Crippen molar-refractivity contribution in [2.75, 3.05) is 20.3 Å². The van der Waals surface area contributed by atoms with Crippen molar-refractivity contribution >= 4 is 40.4 Å². The minimum atomic E-state index is -0.682. The summed E-state index contributed by atoms with van der Waals surface area (Å²) in [6, 6.07) is 9.70. The molecular formula is C19H18ClNO4S. The Morgan fingerprint density at radius 3 is 2.77 bits per heavy atom. The Morgan fingerprint density at radius 2 is 2.12 bits per heavy atom. The molecule has 2 heterocycles. The molecule has 1 amide bonds. The number of hydrogen-bond acceptors (Lipinski definition) is 5. The first-order valence-corrected chi connectivity index (χ1v) is 9.37. The van der Waals surface area contributed by atoms with Gasteiger partial charge < -0.3 is 14.7 Å². The second-order valence-corrected chi connectivity index (χ2v) is 7.28. The first kappa shape index (κ1) is 18.6. The van der Waals surface area contributed by atoms with Crippen LogP contribution in [0.2, 0.25) is 5.02 Å². The van der Waals surface area contributed by atoms with Crippen LogP contribution in [-0.2, 0) is 14.3 Å². The zero-order chi connectivity index (χ0) is 18.7. The van der Waals surface area contributed by atoms with E-state index >= 15 is 0 Å². The molecule has 7 heteroatoms. The van der Waals surface area contributed by atoms with Crippen LogP contribution in [0, 0.1) is 0 Å². The summed E-state index contributed by atoms with van der Waals surface area (Å²) in [6.45, 7) is 0.849. The molecule has 1 saturated heterocycles. The fourth-order valence-electron chi connectivity index (χ4n) is 3.02. The number of benzene rings is 1. The Kier molecular flexibility index (Phi) is 5.76. The Bertz CT molecular complexity index is 847. The van der Waals surface area contributed by atoms with E-state index in [-0.39, 0.29) is 11.3 Å². The highest BCUT2D eigenvalue weighted by molar-refractivity contribution is 7.10. The molecule has 0 spiro atoms. The highest BCUT2D eigenvalue weighted by atomic mass is 35.5. The van der Waals surface area contributed by atoms with Crippen molar-refractivity contribution in [2.45, 2.75) is 12.5 Å². The van der Waals surface area contributed by atoms with Gasteiger partial charge in [0.05, 0.1) is 11.6 Å². The number of ketones is 1. The van der Waals surface area contributed by atoms with E-state index in [2.05, 4.69) is 0 Å². The van der Waals surface area contributed by atoms with E-state index < -0.39 is 17.7 Å². The third kappa shape index (κ3) is 3.53. The summed E-state index contributed by atoms with van der Waals surface area (Å²) in [6.07, 6.45) is 0.600. The summed E-state index contributed by atoms with van der Waals surface area (Å²) < 4.78 is 5.05. The van der Waals surface area contributed by atoms with E-state index in [1.165, 1.54) is 16.2 Å². The predicted octanol–water partition coefficient (Wildman–Crippen LogP) is 3.86. The van der Waals surface area contributed by atoms with E-state index in [9.17, 15) is 14.7 Å². The third-order valence-electron chi connectivity index (χ3n) is 4.20. The highest BCUT2D eigenvalue weighted by Gasteiger charge is 2.46. The lowest BCUT2D eigenvalue weighted by atomic mass is 10.00. The van der Waals surface area contributed by atoms with Crippen LogP contribution in [0.3, 0.4) is 0 Å². The molecule has 1 N–H and O–H groups in total.